The van der Waals surface area contributed by atoms with Gasteiger partial charge in [-0.25, -0.2) is 0 Å². The first kappa shape index (κ1) is 42.8. The van der Waals surface area contributed by atoms with E-state index in [0.29, 0.717) is 0 Å². The molecule has 0 amide bonds. The Balaban J connectivity index is -0.0000000222. The maximum absolute atomic E-state index is 2.89. The van der Waals surface area contributed by atoms with Gasteiger partial charge in [-0.05, 0) is 0 Å². The summed E-state index contributed by atoms with van der Waals surface area (Å²) in [4.78, 5) is 0. The summed E-state index contributed by atoms with van der Waals surface area (Å²) in [6.45, 7) is 0. The molecule has 0 bridgehead atoms. The Hall–Kier alpha value is -0.171. The van der Waals surface area contributed by atoms with Gasteiger partial charge in [0, 0.05) is 0 Å². The van der Waals surface area contributed by atoms with Crippen molar-refractivity contribution in [1.29, 1.82) is 0 Å². The zero-order valence-corrected chi connectivity index (χ0v) is 15.4. The van der Waals surface area contributed by atoms with Crippen LogP contribution in [0.3, 0.4) is 0 Å². The van der Waals surface area contributed by atoms with Gasteiger partial charge in [0.1, 0.15) is 0 Å². The van der Waals surface area contributed by atoms with Crippen LogP contribution >= 0.6 is 0 Å². The van der Waals surface area contributed by atoms with Crippen molar-refractivity contribution in [2.24, 2.45) is 0 Å². The Labute approximate surface area is 150 Å². The van der Waals surface area contributed by atoms with E-state index < -0.39 is 0 Å². The number of benzene rings is 2. The number of rotatable bonds is 0. The molecular weight excluding hydrogens is 304 g/mol. The first-order valence-corrected chi connectivity index (χ1v) is 3.82. The molecule has 0 aliphatic carbocycles. The molecule has 0 heterocycles. The second kappa shape index (κ2) is 36.1. The minimum absolute atomic E-state index is 0. The average Bonchev–Trinajstić information content (AvgIpc) is 2.24. The van der Waals surface area contributed by atoms with E-state index in [9.17, 15) is 0 Å². The molecule has 19 heavy (non-hydrogen) atoms. The van der Waals surface area contributed by atoms with Crippen molar-refractivity contribution >= 4 is 0 Å². The van der Waals surface area contributed by atoms with E-state index in [-0.39, 0.29) is 78.6 Å². The van der Waals surface area contributed by atoms with Crippen LogP contribution in [0.1, 0.15) is 0 Å². The fourth-order valence-electron chi connectivity index (χ4n) is 0.684. The normalized spacial score (nSPS) is 5.05. The van der Waals surface area contributed by atoms with Crippen LogP contribution in [0.4, 0.5) is 0 Å². The van der Waals surface area contributed by atoms with Crippen LogP contribution in [0.2, 0.25) is 0 Å². The zero-order valence-electron chi connectivity index (χ0n) is 12.3. The van der Waals surface area contributed by atoms with Crippen molar-refractivity contribution in [3.63, 3.8) is 0 Å². The summed E-state index contributed by atoms with van der Waals surface area (Å²) >= 11 is 0. The van der Waals surface area contributed by atoms with Crippen molar-refractivity contribution in [3.05, 3.63) is 103 Å². The largest absolute Gasteiger partial charge is 3.00 e. The van der Waals surface area contributed by atoms with Crippen molar-refractivity contribution in [2.75, 3.05) is 0 Å². The summed E-state index contributed by atoms with van der Waals surface area (Å²) in [6.07, 6.45) is 0. The summed E-state index contributed by atoms with van der Waals surface area (Å²) in [7, 11) is 0. The quantitative estimate of drug-likeness (QED) is 0.518. The molecule has 0 aliphatic rings. The average molecular weight is 328 g/mol. The third-order valence-corrected chi connectivity index (χ3v) is 1.21. The first-order chi connectivity index (χ1) is 6.00. The Kier molecular flexibility index (Phi) is 81.2. The summed E-state index contributed by atoms with van der Waals surface area (Å²) < 4.78 is 0. The molecule has 2 aromatic carbocycles. The van der Waals surface area contributed by atoms with Gasteiger partial charge in [0.2, 0.25) is 0 Å². The van der Waals surface area contributed by atoms with E-state index in [1.54, 1.807) is 0 Å². The molecule has 0 aliphatic heterocycles. The summed E-state index contributed by atoms with van der Waals surface area (Å²) in [5.74, 6) is 0. The molecule has 102 valence electrons. The van der Waals surface area contributed by atoms with Crippen molar-refractivity contribution in [1.82, 2.24) is 0 Å². The van der Waals surface area contributed by atoms with Gasteiger partial charge in [-0.1, -0.05) is 0 Å². The molecule has 2 radical (unpaired) electrons. The molecule has 2 N–H and O–H groups in total. The molecule has 0 atom stereocenters. The van der Waals surface area contributed by atoms with Gasteiger partial charge in [-0.3, -0.25) is 0 Å². The van der Waals surface area contributed by atoms with Gasteiger partial charge in [0.15, 0.2) is 0 Å². The third-order valence-electron chi connectivity index (χ3n) is 1.21. The first-order valence-electron chi connectivity index (χ1n) is 3.82. The monoisotopic (exact) mass is 328 g/mol. The number of hydrogen-bond acceptors (Lipinski definition) is 0. The molecule has 0 unspecified atom stereocenters. The Morgan fingerprint density at radius 3 is 0.684 bits per heavy atom. The van der Waals surface area contributed by atoms with E-state index in [1.165, 1.54) is 0 Å². The van der Waals surface area contributed by atoms with E-state index in [1.807, 2.05) is 60.7 Å². The zero-order chi connectivity index (χ0) is 8.49. The second-order valence-electron chi connectivity index (χ2n) is 2.15. The molecule has 2 aromatic rings. The van der Waals surface area contributed by atoms with Crippen LogP contribution in [0.5, 0.6) is 0 Å². The van der Waals surface area contributed by atoms with Gasteiger partial charge in [-0.2, -0.15) is 72.8 Å². The fraction of sp³-hybridized carbons (Fsp3) is 0. The predicted molar refractivity (Wildman–Crippen MR) is 79.8 cm³/mol. The third kappa shape index (κ3) is 31.9. The van der Waals surface area contributed by atoms with Crippen LogP contribution in [0.15, 0.2) is 60.7 Å². The minimum Gasteiger partial charge on any atom is -0.412 e. The van der Waals surface area contributed by atoms with Gasteiger partial charge < -0.3 is 35.2 Å². The fourth-order valence-corrected chi connectivity index (χ4v) is 0.684. The van der Waals surface area contributed by atoms with Crippen LogP contribution < -0.4 is 0 Å². The second-order valence-corrected chi connectivity index (χ2v) is 2.15. The maximum atomic E-state index is 2.89. The minimum atomic E-state index is 0. The van der Waals surface area contributed by atoms with E-state index >= 15 is 0 Å². The SMILES string of the molecule is O.[CH3-].[CH3-].[CH3-].[CH3-].[Ti+3].[Ti+3].[c-]1ccccc1.[c-]1ccccc1. The van der Waals surface area contributed by atoms with E-state index in [0.717, 1.165) is 0 Å². The van der Waals surface area contributed by atoms with Crippen LogP contribution in [-0.4, -0.2) is 5.48 Å². The van der Waals surface area contributed by atoms with E-state index in [4.69, 9.17) is 0 Å². The van der Waals surface area contributed by atoms with Gasteiger partial charge in [-0.15, -0.1) is 0 Å². The van der Waals surface area contributed by atoms with Gasteiger partial charge in [0.05, 0.1) is 0 Å². The molecule has 1 nitrogen and oxygen atoms in total. The van der Waals surface area contributed by atoms with Crippen LogP contribution in [0, 0.1) is 41.8 Å². The van der Waals surface area contributed by atoms with Gasteiger partial charge >= 0.3 is 43.4 Å². The molecule has 3 heteroatoms. The van der Waals surface area contributed by atoms with Gasteiger partial charge in [0.25, 0.3) is 0 Å². The molecule has 0 spiro atoms. The molecular formula is C16H24OTi2. The van der Waals surface area contributed by atoms with Crippen molar-refractivity contribution in [3.8, 4) is 0 Å². The smallest absolute Gasteiger partial charge is 0.412 e. The topological polar surface area (TPSA) is 31.5 Å². The van der Waals surface area contributed by atoms with Crippen molar-refractivity contribution in [2.45, 2.75) is 0 Å². The number of hydrogen-bond donors (Lipinski definition) is 0. The summed E-state index contributed by atoms with van der Waals surface area (Å²) in [5, 5.41) is 0. The van der Waals surface area contributed by atoms with Crippen LogP contribution in [-0.2, 0) is 43.4 Å². The molecule has 0 saturated heterocycles. The molecule has 0 saturated carbocycles. The predicted octanol–water partition coefficient (Wildman–Crippen LogP) is 3.95. The Morgan fingerprint density at radius 1 is 0.421 bits per heavy atom. The Morgan fingerprint density at radius 2 is 0.632 bits per heavy atom. The standard InChI is InChI=1S/2C6H5.4CH3.H2O.2Ti/c2*1-2-4-6-5-3-1;;;;;;;/h2*1-5H;4*1H3;1H2;;/q6*-1;;2*+3. The summed E-state index contributed by atoms with van der Waals surface area (Å²) in [5.41, 5.74) is 0. The summed E-state index contributed by atoms with van der Waals surface area (Å²) in [6, 6.07) is 25.0. The molecule has 0 aromatic heterocycles. The molecule has 0 fully saturated rings. The van der Waals surface area contributed by atoms with Crippen LogP contribution in [0.25, 0.3) is 0 Å². The van der Waals surface area contributed by atoms with Crippen molar-refractivity contribution < 1.29 is 48.9 Å². The maximum Gasteiger partial charge on any atom is 3.00 e. The Bertz CT molecular complexity index is 190. The molecule has 2 rings (SSSR count). The van der Waals surface area contributed by atoms with E-state index in [2.05, 4.69) is 12.1 Å².